The topological polar surface area (TPSA) is 15.8 Å². The van der Waals surface area contributed by atoms with Gasteiger partial charge < -0.3 is 4.98 Å². The van der Waals surface area contributed by atoms with Gasteiger partial charge in [0.05, 0.1) is 5.02 Å². The van der Waals surface area contributed by atoms with E-state index < -0.39 is 0 Å². The van der Waals surface area contributed by atoms with Crippen LogP contribution in [0.4, 0.5) is 0 Å². The lowest BCUT2D eigenvalue weighted by molar-refractivity contribution is 1.10. The molecule has 1 aromatic rings. The number of rotatable bonds is 2. The van der Waals surface area contributed by atoms with Gasteiger partial charge in [-0.3, -0.25) is 0 Å². The standard InChI is InChI=1S/C13H16ClN/c1-3-9-5-6-10(4-2)13-11(7-9)12(14)8-15-13/h5,7-8,15H,3-4,6H2,1-2H3. The van der Waals surface area contributed by atoms with E-state index in [9.17, 15) is 0 Å². The van der Waals surface area contributed by atoms with Gasteiger partial charge in [0.2, 0.25) is 0 Å². The number of nitrogens with one attached hydrogen (secondary N) is 1. The van der Waals surface area contributed by atoms with Crippen LogP contribution in [-0.4, -0.2) is 4.98 Å². The minimum atomic E-state index is 0.831. The van der Waals surface area contributed by atoms with Gasteiger partial charge in [-0.2, -0.15) is 0 Å². The number of aromatic nitrogens is 1. The van der Waals surface area contributed by atoms with Crippen molar-refractivity contribution in [2.24, 2.45) is 0 Å². The Hall–Kier alpha value is -0.950. The lowest BCUT2D eigenvalue weighted by Gasteiger charge is -1.98. The number of fused-ring (bicyclic) bond motifs is 1. The highest BCUT2D eigenvalue weighted by molar-refractivity contribution is 6.30. The van der Waals surface area contributed by atoms with Crippen LogP contribution in [0.25, 0.3) is 11.6 Å². The fourth-order valence-electron chi connectivity index (χ4n) is 2.01. The van der Waals surface area contributed by atoms with E-state index in [1.54, 1.807) is 0 Å². The smallest absolute Gasteiger partial charge is 0.0659 e. The number of hydrogen-bond donors (Lipinski definition) is 1. The zero-order chi connectivity index (χ0) is 10.8. The normalized spacial score (nSPS) is 15.4. The zero-order valence-corrected chi connectivity index (χ0v) is 9.99. The van der Waals surface area contributed by atoms with Crippen molar-refractivity contribution < 1.29 is 0 Å². The maximum atomic E-state index is 6.17. The summed E-state index contributed by atoms with van der Waals surface area (Å²) in [5.41, 5.74) is 2.82. The van der Waals surface area contributed by atoms with Crippen molar-refractivity contribution in [1.82, 2.24) is 4.98 Å². The van der Waals surface area contributed by atoms with Crippen molar-refractivity contribution in [2.45, 2.75) is 33.1 Å². The Bertz CT molecular complexity index is 505. The molecule has 1 aliphatic carbocycles. The van der Waals surface area contributed by atoms with Crippen molar-refractivity contribution in [1.29, 1.82) is 0 Å². The van der Waals surface area contributed by atoms with Crippen LogP contribution >= 0.6 is 11.6 Å². The first-order valence-electron chi connectivity index (χ1n) is 5.52. The molecule has 1 aromatic heterocycles. The number of allylic oxidation sites excluding steroid dienone is 2. The maximum absolute atomic E-state index is 6.17. The largest absolute Gasteiger partial charge is 0.360 e. The van der Waals surface area contributed by atoms with Gasteiger partial charge in [-0.25, -0.2) is 0 Å². The second kappa shape index (κ2) is 4.28. The van der Waals surface area contributed by atoms with Gasteiger partial charge in [-0.15, -0.1) is 0 Å². The number of hydrogen-bond acceptors (Lipinski definition) is 0. The van der Waals surface area contributed by atoms with Gasteiger partial charge in [0.15, 0.2) is 0 Å². The highest BCUT2D eigenvalue weighted by atomic mass is 35.5. The van der Waals surface area contributed by atoms with E-state index in [-0.39, 0.29) is 0 Å². The van der Waals surface area contributed by atoms with Crippen LogP contribution in [0.5, 0.6) is 0 Å². The molecule has 0 spiro atoms. The van der Waals surface area contributed by atoms with Crippen molar-refractivity contribution in [3.05, 3.63) is 33.4 Å². The fraction of sp³-hybridized carbons (Fsp3) is 0.385. The van der Waals surface area contributed by atoms with Gasteiger partial charge in [0, 0.05) is 16.8 Å². The van der Waals surface area contributed by atoms with Crippen LogP contribution in [0.1, 0.15) is 33.1 Å². The van der Waals surface area contributed by atoms with Crippen LogP contribution in [0.2, 0.25) is 5.02 Å². The average Bonchev–Trinajstić information content (AvgIpc) is 2.52. The molecule has 80 valence electrons. The molecule has 0 amide bonds. The summed E-state index contributed by atoms with van der Waals surface area (Å²) in [6, 6.07) is 0. The van der Waals surface area contributed by atoms with Gasteiger partial charge >= 0.3 is 0 Å². The molecule has 0 fully saturated rings. The fourth-order valence-corrected chi connectivity index (χ4v) is 2.22. The molecular weight excluding hydrogens is 206 g/mol. The molecule has 0 unspecified atom stereocenters. The molecule has 0 radical (unpaired) electrons. The van der Waals surface area contributed by atoms with Gasteiger partial charge in [-0.05, 0) is 30.9 Å². The second-order valence-corrected chi connectivity index (χ2v) is 4.27. The van der Waals surface area contributed by atoms with Crippen molar-refractivity contribution >= 4 is 23.3 Å². The summed E-state index contributed by atoms with van der Waals surface area (Å²) in [5.74, 6) is 0. The summed E-state index contributed by atoms with van der Waals surface area (Å²) >= 11 is 6.17. The zero-order valence-electron chi connectivity index (χ0n) is 9.23. The molecule has 0 saturated carbocycles. The molecule has 0 aliphatic heterocycles. The van der Waals surface area contributed by atoms with Crippen molar-refractivity contribution in [2.75, 3.05) is 0 Å². The monoisotopic (exact) mass is 221 g/mol. The molecule has 1 nitrogen and oxygen atoms in total. The first kappa shape index (κ1) is 10.6. The van der Waals surface area contributed by atoms with E-state index in [0.717, 1.165) is 24.3 Å². The number of aromatic amines is 1. The number of halogens is 1. The molecule has 0 saturated heterocycles. The van der Waals surface area contributed by atoms with E-state index in [1.165, 1.54) is 21.7 Å². The molecule has 0 atom stereocenters. The highest BCUT2D eigenvalue weighted by Crippen LogP contribution is 2.14. The van der Waals surface area contributed by atoms with Crippen LogP contribution in [0, 0.1) is 0 Å². The molecule has 1 aliphatic rings. The highest BCUT2D eigenvalue weighted by Gasteiger charge is 2.05. The molecule has 2 heteroatoms. The summed E-state index contributed by atoms with van der Waals surface area (Å²) < 4.78 is 0. The van der Waals surface area contributed by atoms with Gasteiger partial charge in [-0.1, -0.05) is 37.1 Å². The Balaban J connectivity index is 2.73. The maximum Gasteiger partial charge on any atom is 0.0659 e. The van der Waals surface area contributed by atoms with E-state index >= 15 is 0 Å². The lowest BCUT2D eigenvalue weighted by atomic mass is 10.1. The van der Waals surface area contributed by atoms with E-state index in [4.69, 9.17) is 11.6 Å². The van der Waals surface area contributed by atoms with E-state index in [1.807, 2.05) is 6.20 Å². The Morgan fingerprint density at radius 3 is 2.80 bits per heavy atom. The molecule has 1 heterocycles. The van der Waals surface area contributed by atoms with Crippen LogP contribution in [0.15, 0.2) is 17.8 Å². The third-order valence-electron chi connectivity index (χ3n) is 3.00. The Morgan fingerprint density at radius 2 is 2.13 bits per heavy atom. The third kappa shape index (κ3) is 1.89. The Labute approximate surface area is 95.2 Å². The summed E-state index contributed by atoms with van der Waals surface area (Å²) in [6.45, 7) is 4.37. The summed E-state index contributed by atoms with van der Waals surface area (Å²) in [6.07, 6.45) is 9.58. The molecule has 0 aromatic carbocycles. The van der Waals surface area contributed by atoms with E-state index in [0.29, 0.717) is 0 Å². The predicted octanol–water partition coefficient (Wildman–Crippen LogP) is 2.75. The summed E-state index contributed by atoms with van der Waals surface area (Å²) in [4.78, 5) is 3.28. The first-order chi connectivity index (χ1) is 7.26. The summed E-state index contributed by atoms with van der Waals surface area (Å²) in [5, 5.41) is 3.22. The van der Waals surface area contributed by atoms with Crippen molar-refractivity contribution in [3.8, 4) is 0 Å². The average molecular weight is 222 g/mol. The number of H-pyrrole nitrogens is 1. The Kier molecular flexibility index (Phi) is 3.01. The minimum Gasteiger partial charge on any atom is -0.360 e. The summed E-state index contributed by atoms with van der Waals surface area (Å²) in [7, 11) is 0. The molecular formula is C13H16ClN. The first-order valence-corrected chi connectivity index (χ1v) is 5.89. The third-order valence-corrected chi connectivity index (χ3v) is 3.31. The molecule has 1 N–H and O–H groups in total. The minimum absolute atomic E-state index is 0.831. The van der Waals surface area contributed by atoms with E-state index in [2.05, 4.69) is 31.0 Å². The molecule has 15 heavy (non-hydrogen) atoms. The lowest BCUT2D eigenvalue weighted by Crippen LogP contribution is -2.25. The van der Waals surface area contributed by atoms with Gasteiger partial charge in [0.1, 0.15) is 0 Å². The Morgan fingerprint density at radius 1 is 1.33 bits per heavy atom. The van der Waals surface area contributed by atoms with Crippen LogP contribution in [-0.2, 0) is 0 Å². The molecule has 2 rings (SSSR count). The molecule has 0 bridgehead atoms. The predicted molar refractivity (Wildman–Crippen MR) is 66.2 cm³/mol. The van der Waals surface area contributed by atoms with Gasteiger partial charge in [0.25, 0.3) is 0 Å². The SMILES string of the molecule is CCC1=CCC(CC)=c2[nH]cc(Cl)c2=C1. The second-order valence-electron chi connectivity index (χ2n) is 3.86. The van der Waals surface area contributed by atoms with Crippen LogP contribution < -0.4 is 10.6 Å². The quantitative estimate of drug-likeness (QED) is 0.791. The van der Waals surface area contributed by atoms with Crippen molar-refractivity contribution in [3.63, 3.8) is 0 Å². The van der Waals surface area contributed by atoms with Crippen LogP contribution in [0.3, 0.4) is 0 Å².